The van der Waals surface area contributed by atoms with E-state index in [9.17, 15) is 14.9 Å². The van der Waals surface area contributed by atoms with Gasteiger partial charge in [-0.1, -0.05) is 36.4 Å². The zero-order valence-electron chi connectivity index (χ0n) is 16.1. The molecule has 3 aromatic rings. The Hall–Kier alpha value is -4.00. The summed E-state index contributed by atoms with van der Waals surface area (Å²) in [6.45, 7) is 0. The van der Waals surface area contributed by atoms with Crippen LogP contribution in [0.25, 0.3) is 0 Å². The minimum absolute atomic E-state index is 0.0192. The fraction of sp³-hybridized carbons (Fsp3) is 0.130. The number of aliphatic imine (C=N–C) groups is 1. The number of amides is 1. The molecule has 5 rings (SSSR count). The predicted octanol–water partition coefficient (Wildman–Crippen LogP) is 3.98. The number of carbonyl (C=O) groups is 1. The second-order valence-corrected chi connectivity index (χ2v) is 7.27. The molecule has 1 spiro atoms. The van der Waals surface area contributed by atoms with Gasteiger partial charge in [0.2, 0.25) is 11.5 Å². The smallest absolute Gasteiger partial charge is 0.278 e. The van der Waals surface area contributed by atoms with Gasteiger partial charge in [0.25, 0.3) is 11.6 Å². The molecule has 7 nitrogen and oxygen atoms in total. The number of nitro benzene ring substituents is 1. The Kier molecular flexibility index (Phi) is 3.92. The number of likely N-dealkylation sites (N-methyl/N-ethyl adjacent to an activating group) is 1. The zero-order chi connectivity index (χ0) is 20.9. The van der Waals surface area contributed by atoms with E-state index in [2.05, 4.69) is 0 Å². The van der Waals surface area contributed by atoms with Crippen molar-refractivity contribution in [3.05, 3.63) is 106 Å². The molecule has 1 amide bonds. The van der Waals surface area contributed by atoms with Crippen LogP contribution >= 0.6 is 0 Å². The molecule has 0 unspecified atom stereocenters. The summed E-state index contributed by atoms with van der Waals surface area (Å²) in [5, 5.41) is 11.1. The quantitative estimate of drug-likeness (QED) is 0.492. The Labute approximate surface area is 172 Å². The van der Waals surface area contributed by atoms with Crippen LogP contribution in [0.2, 0.25) is 0 Å². The van der Waals surface area contributed by atoms with Gasteiger partial charge in [0.15, 0.2) is 0 Å². The van der Waals surface area contributed by atoms with E-state index >= 15 is 0 Å². The predicted molar refractivity (Wildman–Crippen MR) is 111 cm³/mol. The van der Waals surface area contributed by atoms with Crippen molar-refractivity contribution in [1.82, 2.24) is 0 Å². The monoisotopic (exact) mass is 399 g/mol. The first-order valence-corrected chi connectivity index (χ1v) is 9.46. The van der Waals surface area contributed by atoms with E-state index in [1.54, 1.807) is 24.1 Å². The number of fused-ring (bicyclic) bond motifs is 2. The second-order valence-electron chi connectivity index (χ2n) is 7.27. The molecule has 2 atom stereocenters. The third-order valence-electron chi connectivity index (χ3n) is 5.62. The fourth-order valence-corrected chi connectivity index (χ4v) is 4.16. The van der Waals surface area contributed by atoms with E-state index in [1.165, 1.54) is 12.1 Å². The van der Waals surface area contributed by atoms with Crippen molar-refractivity contribution in [2.45, 2.75) is 11.6 Å². The van der Waals surface area contributed by atoms with Crippen molar-refractivity contribution in [1.29, 1.82) is 0 Å². The van der Waals surface area contributed by atoms with E-state index in [1.807, 2.05) is 54.6 Å². The maximum Gasteiger partial charge on any atom is 0.278 e. The molecule has 0 radical (unpaired) electrons. The summed E-state index contributed by atoms with van der Waals surface area (Å²) in [5.74, 6) is 0.152. The molecule has 0 bridgehead atoms. The number of nitro groups is 1. The number of anilines is 1. The van der Waals surface area contributed by atoms with E-state index < -0.39 is 16.6 Å². The van der Waals surface area contributed by atoms with Gasteiger partial charge in [-0.05, 0) is 35.9 Å². The third kappa shape index (κ3) is 2.45. The number of hydrogen-bond donors (Lipinski definition) is 0. The summed E-state index contributed by atoms with van der Waals surface area (Å²) < 4.78 is 6.37. The molecule has 0 aliphatic carbocycles. The van der Waals surface area contributed by atoms with Gasteiger partial charge in [-0.15, -0.1) is 0 Å². The minimum Gasteiger partial charge on any atom is -0.453 e. The lowest BCUT2D eigenvalue weighted by molar-refractivity contribution is -0.384. The average molecular weight is 399 g/mol. The summed E-state index contributed by atoms with van der Waals surface area (Å²) in [5.41, 5.74) is 1.56. The molecule has 2 heterocycles. The molecule has 2 aliphatic rings. The van der Waals surface area contributed by atoms with Crippen LogP contribution < -0.4 is 4.90 Å². The van der Waals surface area contributed by atoms with Crippen molar-refractivity contribution < 1.29 is 14.5 Å². The van der Waals surface area contributed by atoms with Crippen LogP contribution in [0.5, 0.6) is 0 Å². The Morgan fingerprint density at radius 2 is 1.67 bits per heavy atom. The van der Waals surface area contributed by atoms with Crippen LogP contribution in [0.3, 0.4) is 0 Å². The van der Waals surface area contributed by atoms with Crippen molar-refractivity contribution in [2.75, 3.05) is 11.9 Å². The highest BCUT2D eigenvalue weighted by molar-refractivity contribution is 6.11. The Morgan fingerprint density at radius 1 is 1.00 bits per heavy atom. The highest BCUT2D eigenvalue weighted by Crippen LogP contribution is 2.54. The first-order valence-electron chi connectivity index (χ1n) is 9.46. The van der Waals surface area contributed by atoms with Crippen LogP contribution in [-0.2, 0) is 15.1 Å². The molecular formula is C23H17N3O4. The van der Waals surface area contributed by atoms with Crippen LogP contribution in [0.1, 0.15) is 22.7 Å². The summed E-state index contributed by atoms with van der Waals surface area (Å²) in [7, 11) is 1.71. The van der Waals surface area contributed by atoms with Crippen LogP contribution in [0.4, 0.5) is 11.4 Å². The Bertz CT molecular complexity index is 1190. The molecular weight excluding hydrogens is 382 g/mol. The molecule has 0 saturated carbocycles. The van der Waals surface area contributed by atoms with E-state index in [-0.39, 0.29) is 11.6 Å². The number of non-ortho nitro benzene ring substituents is 1. The molecule has 0 N–H and O–H groups in total. The number of nitrogens with zero attached hydrogens (tertiary/aromatic N) is 3. The molecule has 3 aromatic carbocycles. The van der Waals surface area contributed by atoms with Crippen molar-refractivity contribution in [3.8, 4) is 0 Å². The van der Waals surface area contributed by atoms with Crippen LogP contribution in [-0.4, -0.2) is 23.8 Å². The maximum atomic E-state index is 13.5. The first-order chi connectivity index (χ1) is 14.5. The summed E-state index contributed by atoms with van der Waals surface area (Å²) in [4.78, 5) is 30.5. The zero-order valence-corrected chi connectivity index (χ0v) is 16.1. The maximum absolute atomic E-state index is 13.5. The van der Waals surface area contributed by atoms with Gasteiger partial charge in [0, 0.05) is 30.3 Å². The van der Waals surface area contributed by atoms with E-state index in [0.717, 1.165) is 16.8 Å². The standard InChI is InChI=1S/C23H17N3O4/c1-25-19-10-6-5-9-18(19)23(22(25)27)20(15-11-13-17(14-12-15)26(28)29)24-21(30-23)16-7-3-2-4-8-16/h2-14,20H,1H3/t20-,23-/m1/s1. The van der Waals surface area contributed by atoms with Crippen LogP contribution in [0.15, 0.2) is 83.9 Å². The topological polar surface area (TPSA) is 85.0 Å². The number of para-hydroxylation sites is 1. The number of carbonyl (C=O) groups excluding carboxylic acids is 1. The largest absolute Gasteiger partial charge is 0.453 e. The van der Waals surface area contributed by atoms with Gasteiger partial charge in [0.05, 0.1) is 10.6 Å². The van der Waals surface area contributed by atoms with Gasteiger partial charge in [-0.25, -0.2) is 4.99 Å². The SMILES string of the molecule is CN1C(=O)[C@@]2(OC(c3ccccc3)=N[C@@H]2c2ccc([N+](=O)[O-])cc2)c2ccccc21. The molecule has 2 aliphatic heterocycles. The van der Waals surface area contributed by atoms with Crippen molar-refractivity contribution >= 4 is 23.2 Å². The number of ether oxygens (including phenoxy) is 1. The van der Waals surface area contributed by atoms with Crippen LogP contribution in [0, 0.1) is 10.1 Å². The molecule has 0 aromatic heterocycles. The van der Waals surface area contributed by atoms with Gasteiger partial charge < -0.3 is 9.64 Å². The molecule has 7 heteroatoms. The Morgan fingerprint density at radius 3 is 2.37 bits per heavy atom. The summed E-state index contributed by atoms with van der Waals surface area (Å²) in [6.07, 6.45) is 0. The lowest BCUT2D eigenvalue weighted by Gasteiger charge is -2.28. The second kappa shape index (κ2) is 6.52. The average Bonchev–Trinajstić information content (AvgIpc) is 3.28. The Balaban J connectivity index is 1.70. The first kappa shape index (κ1) is 18.1. The highest BCUT2D eigenvalue weighted by atomic mass is 16.6. The lowest BCUT2D eigenvalue weighted by Crippen LogP contribution is -2.43. The van der Waals surface area contributed by atoms with E-state index in [4.69, 9.17) is 9.73 Å². The van der Waals surface area contributed by atoms with Gasteiger partial charge in [-0.2, -0.15) is 0 Å². The lowest BCUT2D eigenvalue weighted by atomic mass is 9.84. The van der Waals surface area contributed by atoms with Gasteiger partial charge in [0.1, 0.15) is 6.04 Å². The van der Waals surface area contributed by atoms with Crippen molar-refractivity contribution in [3.63, 3.8) is 0 Å². The fourth-order valence-electron chi connectivity index (χ4n) is 4.16. The third-order valence-corrected chi connectivity index (χ3v) is 5.62. The van der Waals surface area contributed by atoms with Gasteiger partial charge >= 0.3 is 0 Å². The van der Waals surface area contributed by atoms with Gasteiger partial charge in [-0.3, -0.25) is 14.9 Å². The number of benzene rings is 3. The molecule has 30 heavy (non-hydrogen) atoms. The minimum atomic E-state index is -1.35. The molecule has 0 saturated heterocycles. The normalized spacial score (nSPS) is 22.0. The summed E-state index contributed by atoms with van der Waals surface area (Å²) >= 11 is 0. The highest BCUT2D eigenvalue weighted by Gasteiger charge is 2.61. The van der Waals surface area contributed by atoms with Crippen molar-refractivity contribution in [2.24, 2.45) is 4.99 Å². The van der Waals surface area contributed by atoms with E-state index in [0.29, 0.717) is 11.5 Å². The molecule has 0 fully saturated rings. The molecule has 148 valence electrons. The summed E-state index contributed by atoms with van der Waals surface area (Å²) in [6, 6.07) is 22.3. The number of rotatable bonds is 3. The number of hydrogen-bond acceptors (Lipinski definition) is 5.